The molecule has 1 aromatic heterocycles. The number of hydrogen-bond acceptors (Lipinski definition) is 3. The van der Waals surface area contributed by atoms with Crippen molar-refractivity contribution in [2.75, 3.05) is 26.2 Å². The number of nitrogens with zero attached hydrogens (tertiary/aromatic N) is 2. The van der Waals surface area contributed by atoms with Crippen LogP contribution in [0.3, 0.4) is 0 Å². The molecule has 2 N–H and O–H groups in total. The summed E-state index contributed by atoms with van der Waals surface area (Å²) in [6.45, 7) is 11.1. The summed E-state index contributed by atoms with van der Waals surface area (Å²) in [6, 6.07) is 0.401. The standard InChI is InChI=1S/C13H24N4/c1-10(2)8-12-9-15-13(16-12)11(3)17-6-4-14-5-7-17/h9-11,14H,4-8H2,1-3H3,(H,15,16). The van der Waals surface area contributed by atoms with Crippen molar-refractivity contribution in [1.29, 1.82) is 0 Å². The molecule has 1 aromatic rings. The average Bonchev–Trinajstić information content (AvgIpc) is 2.77. The van der Waals surface area contributed by atoms with Crippen molar-refractivity contribution >= 4 is 0 Å². The number of hydrogen-bond donors (Lipinski definition) is 2. The summed E-state index contributed by atoms with van der Waals surface area (Å²) in [4.78, 5) is 10.5. The Hall–Kier alpha value is -0.870. The van der Waals surface area contributed by atoms with Crippen LogP contribution in [-0.4, -0.2) is 41.0 Å². The molecule has 1 aliphatic rings. The van der Waals surface area contributed by atoms with Crippen LogP contribution in [0.25, 0.3) is 0 Å². The van der Waals surface area contributed by atoms with Crippen molar-refractivity contribution in [2.24, 2.45) is 5.92 Å². The Labute approximate surface area is 104 Å². The van der Waals surface area contributed by atoms with E-state index in [1.54, 1.807) is 0 Å². The van der Waals surface area contributed by atoms with Gasteiger partial charge in [0.15, 0.2) is 0 Å². The second-order valence-electron chi connectivity index (χ2n) is 5.35. The van der Waals surface area contributed by atoms with Crippen molar-refractivity contribution in [3.8, 4) is 0 Å². The highest BCUT2D eigenvalue weighted by Gasteiger charge is 2.20. The number of rotatable bonds is 4. The van der Waals surface area contributed by atoms with E-state index in [2.05, 4.69) is 41.0 Å². The third-order valence-electron chi connectivity index (χ3n) is 3.37. The van der Waals surface area contributed by atoms with E-state index in [-0.39, 0.29) is 0 Å². The second-order valence-corrected chi connectivity index (χ2v) is 5.35. The number of aromatic amines is 1. The van der Waals surface area contributed by atoms with Crippen LogP contribution in [-0.2, 0) is 6.42 Å². The molecule has 2 heterocycles. The number of piperazine rings is 1. The lowest BCUT2D eigenvalue weighted by molar-refractivity contribution is 0.180. The quantitative estimate of drug-likeness (QED) is 0.834. The maximum Gasteiger partial charge on any atom is 0.123 e. The molecular weight excluding hydrogens is 212 g/mol. The van der Waals surface area contributed by atoms with Crippen molar-refractivity contribution in [3.63, 3.8) is 0 Å². The van der Waals surface area contributed by atoms with Gasteiger partial charge in [-0.1, -0.05) is 13.8 Å². The minimum Gasteiger partial charge on any atom is -0.345 e. The zero-order chi connectivity index (χ0) is 12.3. The molecule has 0 aromatic carbocycles. The predicted molar refractivity (Wildman–Crippen MR) is 70.0 cm³/mol. The largest absolute Gasteiger partial charge is 0.345 e. The molecule has 0 bridgehead atoms. The third-order valence-corrected chi connectivity index (χ3v) is 3.37. The Morgan fingerprint density at radius 1 is 1.29 bits per heavy atom. The fraction of sp³-hybridized carbons (Fsp3) is 0.769. The Kier molecular flexibility index (Phi) is 4.18. The molecule has 1 saturated heterocycles. The molecule has 0 radical (unpaired) electrons. The Bertz CT molecular complexity index is 339. The van der Waals surface area contributed by atoms with Gasteiger partial charge >= 0.3 is 0 Å². The topological polar surface area (TPSA) is 44.0 Å². The zero-order valence-corrected chi connectivity index (χ0v) is 11.2. The summed E-state index contributed by atoms with van der Waals surface area (Å²) in [5, 5.41) is 3.38. The molecule has 0 saturated carbocycles. The summed E-state index contributed by atoms with van der Waals surface area (Å²) in [5.41, 5.74) is 1.26. The molecule has 17 heavy (non-hydrogen) atoms. The lowest BCUT2D eigenvalue weighted by Crippen LogP contribution is -2.44. The van der Waals surface area contributed by atoms with E-state index in [1.165, 1.54) is 5.69 Å². The van der Waals surface area contributed by atoms with Gasteiger partial charge in [0, 0.05) is 38.1 Å². The van der Waals surface area contributed by atoms with Gasteiger partial charge in [-0.2, -0.15) is 0 Å². The fourth-order valence-corrected chi connectivity index (χ4v) is 2.37. The highest BCUT2D eigenvalue weighted by Crippen LogP contribution is 2.18. The lowest BCUT2D eigenvalue weighted by Gasteiger charge is -2.31. The molecule has 4 nitrogen and oxygen atoms in total. The monoisotopic (exact) mass is 236 g/mol. The van der Waals surface area contributed by atoms with Crippen LogP contribution in [0.5, 0.6) is 0 Å². The van der Waals surface area contributed by atoms with Gasteiger partial charge in [-0.15, -0.1) is 0 Å². The number of nitrogens with one attached hydrogen (secondary N) is 2. The second kappa shape index (κ2) is 5.65. The molecule has 0 amide bonds. The summed E-state index contributed by atoms with van der Waals surface area (Å²) < 4.78 is 0. The Morgan fingerprint density at radius 3 is 2.65 bits per heavy atom. The lowest BCUT2D eigenvalue weighted by atomic mass is 10.1. The van der Waals surface area contributed by atoms with Crippen LogP contribution in [0.2, 0.25) is 0 Å². The Morgan fingerprint density at radius 2 is 2.00 bits per heavy atom. The van der Waals surface area contributed by atoms with E-state index in [0.717, 1.165) is 38.4 Å². The zero-order valence-electron chi connectivity index (χ0n) is 11.2. The third kappa shape index (κ3) is 3.30. The van der Waals surface area contributed by atoms with E-state index in [0.29, 0.717) is 12.0 Å². The molecule has 1 unspecified atom stereocenters. The molecule has 0 aliphatic carbocycles. The van der Waals surface area contributed by atoms with Crippen LogP contribution in [0.1, 0.15) is 38.3 Å². The van der Waals surface area contributed by atoms with Crippen molar-refractivity contribution in [3.05, 3.63) is 17.7 Å². The number of H-pyrrole nitrogens is 1. The Balaban J connectivity index is 1.98. The molecule has 0 spiro atoms. The van der Waals surface area contributed by atoms with Crippen LogP contribution < -0.4 is 5.32 Å². The van der Waals surface area contributed by atoms with Gasteiger partial charge in [0.2, 0.25) is 0 Å². The van der Waals surface area contributed by atoms with Crippen LogP contribution >= 0.6 is 0 Å². The van der Waals surface area contributed by atoms with Crippen molar-refractivity contribution in [2.45, 2.75) is 33.2 Å². The molecule has 1 atom stereocenters. The maximum absolute atomic E-state index is 4.53. The summed E-state index contributed by atoms with van der Waals surface area (Å²) in [6.07, 6.45) is 3.08. The predicted octanol–water partition coefficient (Wildman–Crippen LogP) is 1.57. The van der Waals surface area contributed by atoms with Gasteiger partial charge in [-0.25, -0.2) is 4.98 Å². The van der Waals surface area contributed by atoms with Gasteiger partial charge in [0.25, 0.3) is 0 Å². The highest BCUT2D eigenvalue weighted by molar-refractivity contribution is 5.05. The van der Waals surface area contributed by atoms with Crippen LogP contribution in [0.15, 0.2) is 6.20 Å². The first-order valence-electron chi connectivity index (χ1n) is 6.65. The summed E-state index contributed by atoms with van der Waals surface area (Å²) in [7, 11) is 0. The number of aromatic nitrogens is 2. The average molecular weight is 236 g/mol. The van der Waals surface area contributed by atoms with E-state index in [1.807, 2.05) is 6.20 Å². The first-order valence-corrected chi connectivity index (χ1v) is 6.65. The fourth-order valence-electron chi connectivity index (χ4n) is 2.37. The SMILES string of the molecule is CC(C)Cc1cnc(C(C)N2CCNCC2)[nH]1. The summed E-state index contributed by atoms with van der Waals surface area (Å²) in [5.74, 6) is 1.79. The van der Waals surface area contributed by atoms with Gasteiger partial charge in [0.05, 0.1) is 6.04 Å². The minimum absolute atomic E-state index is 0.401. The van der Waals surface area contributed by atoms with E-state index in [9.17, 15) is 0 Å². The molecule has 2 rings (SSSR count). The molecule has 96 valence electrons. The highest BCUT2D eigenvalue weighted by atomic mass is 15.2. The maximum atomic E-state index is 4.53. The van der Waals surface area contributed by atoms with Gasteiger partial charge in [-0.05, 0) is 19.3 Å². The molecular formula is C13H24N4. The van der Waals surface area contributed by atoms with Crippen molar-refractivity contribution < 1.29 is 0 Å². The minimum atomic E-state index is 0.401. The summed E-state index contributed by atoms with van der Waals surface area (Å²) >= 11 is 0. The van der Waals surface area contributed by atoms with Crippen LogP contribution in [0.4, 0.5) is 0 Å². The molecule has 1 aliphatic heterocycles. The van der Waals surface area contributed by atoms with E-state index < -0.39 is 0 Å². The number of imidazole rings is 1. The van der Waals surface area contributed by atoms with Crippen LogP contribution in [0, 0.1) is 5.92 Å². The smallest absolute Gasteiger partial charge is 0.123 e. The first kappa shape index (κ1) is 12.6. The van der Waals surface area contributed by atoms with Gasteiger partial charge in [-0.3, -0.25) is 4.90 Å². The van der Waals surface area contributed by atoms with E-state index in [4.69, 9.17) is 0 Å². The van der Waals surface area contributed by atoms with Gasteiger partial charge < -0.3 is 10.3 Å². The molecule has 4 heteroatoms. The van der Waals surface area contributed by atoms with Crippen molar-refractivity contribution in [1.82, 2.24) is 20.2 Å². The normalized spacial score (nSPS) is 19.8. The van der Waals surface area contributed by atoms with E-state index >= 15 is 0 Å². The van der Waals surface area contributed by atoms with Gasteiger partial charge in [0.1, 0.15) is 5.82 Å². The first-order chi connectivity index (χ1) is 8.16. The molecule has 1 fully saturated rings.